The zero-order valence-corrected chi connectivity index (χ0v) is 9.48. The van der Waals surface area contributed by atoms with E-state index in [1.54, 1.807) is 13.3 Å². The fraction of sp³-hybridized carbons (Fsp3) is 0.250. The normalized spacial score (nSPS) is 10.4. The number of fused-ring (bicyclic) bond motifs is 1. The lowest BCUT2D eigenvalue weighted by molar-refractivity contribution is 0.174. The van der Waals surface area contributed by atoms with Gasteiger partial charge in [0.05, 0.1) is 19.7 Å². The summed E-state index contributed by atoms with van der Waals surface area (Å²) in [6.07, 6.45) is 1.31. The van der Waals surface area contributed by atoms with Crippen LogP contribution in [-0.4, -0.2) is 24.9 Å². The maximum Gasteiger partial charge on any atom is 0.418 e. The molecule has 0 radical (unpaired) electrons. The lowest BCUT2D eigenvalue weighted by Gasteiger charge is -2.06. The molecule has 0 saturated heterocycles. The van der Waals surface area contributed by atoms with Crippen molar-refractivity contribution in [2.24, 2.45) is 0 Å². The molecular formula is C12H13NO3. The molecule has 4 heteroatoms. The lowest BCUT2D eigenvalue weighted by atomic mass is 10.1. The maximum atomic E-state index is 11.5. The summed E-state index contributed by atoms with van der Waals surface area (Å²) in [6.45, 7) is 1.93. The van der Waals surface area contributed by atoms with Gasteiger partial charge in [-0.15, -0.1) is 0 Å². The first kappa shape index (κ1) is 10.5. The van der Waals surface area contributed by atoms with E-state index in [1.807, 2.05) is 25.1 Å². The van der Waals surface area contributed by atoms with Crippen molar-refractivity contribution >= 4 is 17.0 Å². The highest BCUT2D eigenvalue weighted by Gasteiger charge is 2.11. The summed E-state index contributed by atoms with van der Waals surface area (Å²) in [7, 11) is 2.99. The fourth-order valence-corrected chi connectivity index (χ4v) is 1.83. The van der Waals surface area contributed by atoms with E-state index in [1.165, 1.54) is 11.7 Å². The molecule has 1 aromatic carbocycles. The van der Waals surface area contributed by atoms with E-state index in [-0.39, 0.29) is 6.09 Å². The average Bonchev–Trinajstić information content (AvgIpc) is 2.72. The van der Waals surface area contributed by atoms with E-state index in [0.29, 0.717) is 0 Å². The number of carbonyl (C=O) groups is 1. The molecule has 0 N–H and O–H groups in total. The minimum atomic E-state index is -0.386. The minimum absolute atomic E-state index is 0.386. The van der Waals surface area contributed by atoms with Crippen LogP contribution in [0.1, 0.15) is 5.56 Å². The van der Waals surface area contributed by atoms with Gasteiger partial charge in [-0.25, -0.2) is 4.79 Å². The van der Waals surface area contributed by atoms with Crippen LogP contribution in [0, 0.1) is 6.92 Å². The van der Waals surface area contributed by atoms with Gasteiger partial charge < -0.3 is 9.47 Å². The highest BCUT2D eigenvalue weighted by molar-refractivity contribution is 5.92. The number of nitrogens with zero attached hydrogens (tertiary/aromatic N) is 1. The molecule has 2 aromatic rings. The van der Waals surface area contributed by atoms with Gasteiger partial charge in [0.2, 0.25) is 0 Å². The van der Waals surface area contributed by atoms with E-state index in [2.05, 4.69) is 0 Å². The molecule has 16 heavy (non-hydrogen) atoms. The molecule has 0 bridgehead atoms. The highest BCUT2D eigenvalue weighted by atomic mass is 16.5. The number of benzene rings is 1. The van der Waals surface area contributed by atoms with Crippen LogP contribution in [0.25, 0.3) is 10.9 Å². The van der Waals surface area contributed by atoms with Crippen LogP contribution in [0.2, 0.25) is 0 Å². The molecule has 0 aliphatic rings. The SMILES string of the molecule is COC(=O)n1ccc2cc(OC)cc(C)c21. The summed E-state index contributed by atoms with van der Waals surface area (Å²) in [5.41, 5.74) is 1.83. The van der Waals surface area contributed by atoms with E-state index in [0.717, 1.165) is 22.2 Å². The van der Waals surface area contributed by atoms with Crippen molar-refractivity contribution in [3.63, 3.8) is 0 Å². The van der Waals surface area contributed by atoms with Crippen molar-refractivity contribution in [3.05, 3.63) is 30.0 Å². The molecule has 84 valence electrons. The third kappa shape index (κ3) is 1.52. The van der Waals surface area contributed by atoms with Gasteiger partial charge in [0.15, 0.2) is 0 Å². The highest BCUT2D eigenvalue weighted by Crippen LogP contribution is 2.25. The van der Waals surface area contributed by atoms with Gasteiger partial charge in [-0.3, -0.25) is 4.57 Å². The first-order valence-corrected chi connectivity index (χ1v) is 4.91. The number of hydrogen-bond donors (Lipinski definition) is 0. The van der Waals surface area contributed by atoms with Crippen LogP contribution in [0.4, 0.5) is 4.79 Å². The Labute approximate surface area is 93.4 Å². The second-order valence-corrected chi connectivity index (χ2v) is 3.54. The Morgan fingerprint density at radius 3 is 2.69 bits per heavy atom. The Morgan fingerprint density at radius 1 is 1.31 bits per heavy atom. The molecule has 4 nitrogen and oxygen atoms in total. The van der Waals surface area contributed by atoms with Crippen molar-refractivity contribution in [1.29, 1.82) is 0 Å². The number of ether oxygens (including phenoxy) is 2. The number of aromatic nitrogens is 1. The summed E-state index contributed by atoms with van der Waals surface area (Å²) in [6, 6.07) is 5.64. The number of rotatable bonds is 1. The summed E-state index contributed by atoms with van der Waals surface area (Å²) in [5, 5.41) is 0.960. The quantitative estimate of drug-likeness (QED) is 0.740. The zero-order chi connectivity index (χ0) is 11.7. The molecular weight excluding hydrogens is 206 g/mol. The predicted molar refractivity (Wildman–Crippen MR) is 61.0 cm³/mol. The molecule has 0 atom stereocenters. The molecule has 0 saturated carbocycles. The molecule has 2 rings (SSSR count). The van der Waals surface area contributed by atoms with Crippen molar-refractivity contribution in [2.45, 2.75) is 6.92 Å². The minimum Gasteiger partial charge on any atom is -0.497 e. The predicted octanol–water partition coefficient (Wildman–Crippen LogP) is 2.57. The standard InChI is InChI=1S/C12H13NO3/c1-8-6-10(15-2)7-9-4-5-13(11(8)9)12(14)16-3/h4-7H,1-3H3. The van der Waals surface area contributed by atoms with Crippen molar-refractivity contribution in [2.75, 3.05) is 14.2 Å². The second kappa shape index (κ2) is 3.89. The molecule has 1 aromatic heterocycles. The number of carbonyl (C=O) groups excluding carboxylic acids is 1. The fourth-order valence-electron chi connectivity index (χ4n) is 1.83. The van der Waals surface area contributed by atoms with Gasteiger partial charge in [0.25, 0.3) is 0 Å². The van der Waals surface area contributed by atoms with Crippen LogP contribution in [0.15, 0.2) is 24.4 Å². The molecule has 0 aliphatic carbocycles. The van der Waals surface area contributed by atoms with Crippen LogP contribution < -0.4 is 4.74 Å². The van der Waals surface area contributed by atoms with Crippen LogP contribution >= 0.6 is 0 Å². The third-order valence-electron chi connectivity index (χ3n) is 2.55. The Morgan fingerprint density at radius 2 is 2.06 bits per heavy atom. The monoisotopic (exact) mass is 219 g/mol. The number of methoxy groups -OCH3 is 2. The van der Waals surface area contributed by atoms with Crippen LogP contribution in [-0.2, 0) is 4.74 Å². The van der Waals surface area contributed by atoms with Gasteiger partial charge in [0, 0.05) is 11.6 Å². The molecule has 1 heterocycles. The van der Waals surface area contributed by atoms with Crippen molar-refractivity contribution < 1.29 is 14.3 Å². The molecule has 0 unspecified atom stereocenters. The Bertz CT molecular complexity index is 542. The van der Waals surface area contributed by atoms with Gasteiger partial charge in [-0.1, -0.05) is 0 Å². The van der Waals surface area contributed by atoms with E-state index >= 15 is 0 Å². The molecule has 0 fully saturated rings. The summed E-state index contributed by atoms with van der Waals surface area (Å²) >= 11 is 0. The van der Waals surface area contributed by atoms with Crippen LogP contribution in [0.3, 0.4) is 0 Å². The number of aryl methyl sites for hydroxylation is 1. The molecule has 0 aliphatic heterocycles. The summed E-state index contributed by atoms with van der Waals surface area (Å²) < 4.78 is 11.4. The van der Waals surface area contributed by atoms with Crippen LogP contribution in [0.5, 0.6) is 5.75 Å². The van der Waals surface area contributed by atoms with Crippen molar-refractivity contribution in [1.82, 2.24) is 4.57 Å². The lowest BCUT2D eigenvalue weighted by Crippen LogP contribution is -2.10. The maximum absolute atomic E-state index is 11.5. The molecule has 0 amide bonds. The van der Waals surface area contributed by atoms with E-state index in [9.17, 15) is 4.79 Å². The Kier molecular flexibility index (Phi) is 2.56. The van der Waals surface area contributed by atoms with Crippen molar-refractivity contribution in [3.8, 4) is 5.75 Å². The summed E-state index contributed by atoms with van der Waals surface area (Å²) in [5.74, 6) is 0.785. The first-order chi connectivity index (χ1) is 7.67. The topological polar surface area (TPSA) is 40.5 Å². The largest absolute Gasteiger partial charge is 0.497 e. The molecule has 0 spiro atoms. The first-order valence-electron chi connectivity index (χ1n) is 4.91. The Hall–Kier alpha value is -1.97. The Balaban J connectivity index is 2.68. The van der Waals surface area contributed by atoms with E-state index in [4.69, 9.17) is 9.47 Å². The van der Waals surface area contributed by atoms with Gasteiger partial charge in [-0.05, 0) is 30.7 Å². The zero-order valence-electron chi connectivity index (χ0n) is 9.48. The van der Waals surface area contributed by atoms with Gasteiger partial charge >= 0.3 is 6.09 Å². The average molecular weight is 219 g/mol. The van der Waals surface area contributed by atoms with Gasteiger partial charge in [-0.2, -0.15) is 0 Å². The van der Waals surface area contributed by atoms with E-state index < -0.39 is 0 Å². The third-order valence-corrected chi connectivity index (χ3v) is 2.55. The second-order valence-electron chi connectivity index (χ2n) is 3.54. The smallest absolute Gasteiger partial charge is 0.418 e. The number of hydrogen-bond acceptors (Lipinski definition) is 3. The van der Waals surface area contributed by atoms with Gasteiger partial charge in [0.1, 0.15) is 5.75 Å². The summed E-state index contributed by atoms with van der Waals surface area (Å²) in [4.78, 5) is 11.5.